The van der Waals surface area contributed by atoms with Crippen molar-refractivity contribution in [1.29, 1.82) is 0 Å². The zero-order chi connectivity index (χ0) is 45.6. The average Bonchev–Trinajstić information content (AvgIpc) is 3.58. The van der Waals surface area contributed by atoms with E-state index in [1.807, 2.05) is 44.2 Å². The predicted molar refractivity (Wildman–Crippen MR) is 250 cm³/mol. The van der Waals surface area contributed by atoms with Gasteiger partial charge in [0, 0.05) is 19.3 Å². The second kappa shape index (κ2) is 22.4. The van der Waals surface area contributed by atoms with Crippen molar-refractivity contribution < 1.29 is 47.2 Å². The van der Waals surface area contributed by atoms with Crippen LogP contribution in [-0.4, -0.2) is 77.6 Å². The van der Waals surface area contributed by atoms with Crippen molar-refractivity contribution in [3.63, 3.8) is 0 Å². The first kappa shape index (κ1) is 48.7. The Kier molecular flexibility index (Phi) is 17.3. The van der Waals surface area contributed by atoms with E-state index in [1.54, 1.807) is 55.5 Å². The summed E-state index contributed by atoms with van der Waals surface area (Å²) in [6.45, 7) is 20.5. The van der Waals surface area contributed by atoms with Crippen LogP contribution in [0.2, 0.25) is 5.04 Å². The van der Waals surface area contributed by atoms with Gasteiger partial charge >= 0.3 is 11.9 Å². The zero-order valence-electron chi connectivity index (χ0n) is 38.2. The van der Waals surface area contributed by atoms with Crippen molar-refractivity contribution in [1.82, 2.24) is 0 Å². The molecule has 4 aromatic rings. The first-order valence-corrected chi connectivity index (χ1v) is 23.5. The number of benzene rings is 4. The minimum absolute atomic E-state index is 0.0932. The van der Waals surface area contributed by atoms with Crippen LogP contribution in [0.4, 0.5) is 0 Å². The van der Waals surface area contributed by atoms with Crippen LogP contribution in [0.25, 0.3) is 6.08 Å². The lowest BCUT2D eigenvalue weighted by atomic mass is 9.99. The van der Waals surface area contributed by atoms with E-state index in [2.05, 4.69) is 95.8 Å². The third-order valence-electron chi connectivity index (χ3n) is 10.9. The molecule has 0 spiro atoms. The molecule has 1 aliphatic heterocycles. The van der Waals surface area contributed by atoms with E-state index < -0.39 is 44.4 Å². The number of hydrogen-bond acceptors (Lipinski definition) is 10. The van der Waals surface area contributed by atoms with E-state index in [4.69, 9.17) is 37.6 Å². The molecule has 10 nitrogen and oxygen atoms in total. The van der Waals surface area contributed by atoms with Crippen molar-refractivity contribution >= 4 is 36.7 Å². The van der Waals surface area contributed by atoms with Gasteiger partial charge in [-0.15, -0.1) is 0 Å². The SMILES string of the molecule is C=CCOc1cc(/C=C/C[C@@H]2OC(C)(C)O[C@@H]2C(/C=C\[C@@H](C)C(C)O[Si](c2ccccc2)(c2ccccc2)C(C)(C)C)OC(=O)c2ccccc2)c(C(=O)OCC)c(OCOC)c1. The maximum atomic E-state index is 13.8. The van der Waals surface area contributed by atoms with Gasteiger partial charge < -0.3 is 37.6 Å². The van der Waals surface area contributed by atoms with Gasteiger partial charge in [0.25, 0.3) is 8.32 Å². The van der Waals surface area contributed by atoms with Gasteiger partial charge in [0.2, 0.25) is 0 Å². The molecule has 1 heterocycles. The number of rotatable bonds is 21. The predicted octanol–water partition coefficient (Wildman–Crippen LogP) is 9.72. The fraction of sp³-hybridized carbons (Fsp3) is 0.385. The quantitative estimate of drug-likeness (QED) is 0.0348. The van der Waals surface area contributed by atoms with Crippen LogP contribution in [0.5, 0.6) is 11.5 Å². The highest BCUT2D eigenvalue weighted by Gasteiger charge is 2.51. The Morgan fingerprint density at radius 3 is 2.05 bits per heavy atom. The number of esters is 2. The summed E-state index contributed by atoms with van der Waals surface area (Å²) in [4.78, 5) is 27.1. The molecule has 0 radical (unpaired) electrons. The molecular formula is C52H64O10Si. The number of hydrogen-bond donors (Lipinski definition) is 0. The van der Waals surface area contributed by atoms with Crippen molar-refractivity contribution in [3.8, 4) is 11.5 Å². The Morgan fingerprint density at radius 1 is 0.857 bits per heavy atom. The summed E-state index contributed by atoms with van der Waals surface area (Å²) >= 11 is 0. The molecule has 0 bridgehead atoms. The Balaban J connectivity index is 1.49. The van der Waals surface area contributed by atoms with Crippen LogP contribution < -0.4 is 19.8 Å². The third-order valence-corrected chi connectivity index (χ3v) is 16.0. The minimum Gasteiger partial charge on any atom is -0.489 e. The smallest absolute Gasteiger partial charge is 0.342 e. The lowest BCUT2D eigenvalue weighted by molar-refractivity contribution is -0.152. The second-order valence-corrected chi connectivity index (χ2v) is 21.3. The monoisotopic (exact) mass is 876 g/mol. The van der Waals surface area contributed by atoms with E-state index in [9.17, 15) is 9.59 Å². The highest BCUT2D eigenvalue weighted by Crippen LogP contribution is 2.39. The van der Waals surface area contributed by atoms with E-state index >= 15 is 0 Å². The summed E-state index contributed by atoms with van der Waals surface area (Å²) < 4.78 is 49.1. The molecule has 0 N–H and O–H groups in total. The van der Waals surface area contributed by atoms with E-state index in [0.717, 1.165) is 0 Å². The summed E-state index contributed by atoms with van der Waals surface area (Å²) in [5.41, 5.74) is 1.14. The molecule has 0 amide bonds. The number of carbonyl (C=O) groups excluding carboxylic acids is 2. The van der Waals surface area contributed by atoms with Gasteiger partial charge in [0.15, 0.2) is 12.6 Å². The van der Waals surface area contributed by atoms with Gasteiger partial charge in [-0.2, -0.15) is 0 Å². The summed E-state index contributed by atoms with van der Waals surface area (Å²) in [7, 11) is -1.37. The molecular weight excluding hydrogens is 813 g/mol. The molecule has 0 aromatic heterocycles. The number of ether oxygens (including phenoxy) is 7. The fourth-order valence-corrected chi connectivity index (χ4v) is 12.6. The normalized spacial score (nSPS) is 17.9. The van der Waals surface area contributed by atoms with Crippen molar-refractivity contribution in [2.24, 2.45) is 5.92 Å². The van der Waals surface area contributed by atoms with Crippen LogP contribution in [0.15, 0.2) is 134 Å². The topological polar surface area (TPSA) is 108 Å². The van der Waals surface area contributed by atoms with Crippen LogP contribution >= 0.6 is 0 Å². The van der Waals surface area contributed by atoms with Gasteiger partial charge in [-0.05, 0) is 85.3 Å². The first-order valence-electron chi connectivity index (χ1n) is 21.6. The molecule has 63 heavy (non-hydrogen) atoms. The molecule has 5 atom stereocenters. The number of methoxy groups -OCH3 is 1. The maximum absolute atomic E-state index is 13.8. The summed E-state index contributed by atoms with van der Waals surface area (Å²) in [6, 6.07) is 33.4. The summed E-state index contributed by atoms with van der Waals surface area (Å²) in [5.74, 6) is -1.45. The van der Waals surface area contributed by atoms with E-state index in [-0.39, 0.29) is 48.4 Å². The van der Waals surface area contributed by atoms with Crippen LogP contribution in [0, 0.1) is 5.92 Å². The van der Waals surface area contributed by atoms with Crippen molar-refractivity contribution in [2.75, 3.05) is 27.1 Å². The zero-order valence-corrected chi connectivity index (χ0v) is 39.2. The molecule has 5 rings (SSSR count). The van der Waals surface area contributed by atoms with Crippen LogP contribution in [0.1, 0.15) is 88.1 Å². The van der Waals surface area contributed by atoms with Crippen LogP contribution in [-0.2, 0) is 28.1 Å². The Hall–Kier alpha value is -5.30. The van der Waals surface area contributed by atoms with Crippen LogP contribution in [0.3, 0.4) is 0 Å². The van der Waals surface area contributed by atoms with E-state index in [1.165, 1.54) is 17.5 Å². The molecule has 0 aliphatic carbocycles. The second-order valence-electron chi connectivity index (χ2n) is 17.0. The molecule has 2 unspecified atom stereocenters. The largest absolute Gasteiger partial charge is 0.489 e. The van der Waals surface area contributed by atoms with E-state index in [0.29, 0.717) is 23.3 Å². The van der Waals surface area contributed by atoms with Gasteiger partial charge in [0.1, 0.15) is 35.9 Å². The van der Waals surface area contributed by atoms with Gasteiger partial charge in [0.05, 0.1) is 18.3 Å². The lowest BCUT2D eigenvalue weighted by Crippen LogP contribution is -2.67. The minimum atomic E-state index is -2.86. The standard InChI is InChI=1S/C52H64O10Si/c1-11-33-57-41-34-40(47(50(54)56-12-2)46(35-41)58-36-55-10)25-22-30-45-48(61-52(8,9)60-45)44(59-49(53)39-23-16-13-17-24-39)32-31-37(3)38(4)62-63(51(5,6)7,42-26-18-14-19-27-42)43-28-20-15-21-29-43/h11,13-29,31-32,34-35,37-38,44-45,48H,1,12,30,33,36H2,2-10H3/b25-22+,32-31-/t37-,38?,44?,45+,48-/m1/s1. The average molecular weight is 877 g/mol. The summed E-state index contributed by atoms with van der Waals surface area (Å²) in [5, 5.41) is 2.18. The fourth-order valence-electron chi connectivity index (χ4n) is 7.79. The molecule has 0 saturated carbocycles. The lowest BCUT2D eigenvalue weighted by Gasteiger charge is -2.45. The summed E-state index contributed by atoms with van der Waals surface area (Å²) in [6.07, 6.45) is 7.25. The molecule has 4 aromatic carbocycles. The molecule has 11 heteroatoms. The maximum Gasteiger partial charge on any atom is 0.342 e. The van der Waals surface area contributed by atoms with Gasteiger partial charge in [-0.3, -0.25) is 0 Å². The first-order chi connectivity index (χ1) is 30.1. The molecule has 336 valence electrons. The molecule has 1 fully saturated rings. The Labute approximate surface area is 374 Å². The molecule has 1 aliphatic rings. The Bertz CT molecular complexity index is 2110. The third kappa shape index (κ3) is 12.5. The van der Waals surface area contributed by atoms with Crippen molar-refractivity contribution in [2.45, 2.75) is 97.1 Å². The molecule has 1 saturated heterocycles. The number of carbonyl (C=O) groups is 2. The van der Waals surface area contributed by atoms with Crippen molar-refractivity contribution in [3.05, 3.63) is 151 Å². The van der Waals surface area contributed by atoms with Gasteiger partial charge in [-0.1, -0.05) is 137 Å². The van der Waals surface area contributed by atoms with Gasteiger partial charge in [-0.25, -0.2) is 9.59 Å². The Morgan fingerprint density at radius 2 is 1.48 bits per heavy atom. The highest BCUT2D eigenvalue weighted by molar-refractivity contribution is 6.99. The highest BCUT2D eigenvalue weighted by atomic mass is 28.4.